The van der Waals surface area contributed by atoms with Gasteiger partial charge in [-0.25, -0.2) is 0 Å². The number of Topliss-reactive ketones (excluding diaryl/α,β-unsaturated/α-hetero) is 1. The zero-order chi connectivity index (χ0) is 22.9. The van der Waals surface area contributed by atoms with E-state index in [-0.39, 0.29) is 11.7 Å². The zero-order valence-corrected chi connectivity index (χ0v) is 18.8. The second-order valence-corrected chi connectivity index (χ2v) is 8.50. The Labute approximate surface area is 193 Å². The van der Waals surface area contributed by atoms with Gasteiger partial charge in [0.05, 0.1) is 24.5 Å². The Bertz CT molecular complexity index is 1260. The van der Waals surface area contributed by atoms with Crippen LogP contribution in [-0.4, -0.2) is 18.8 Å². The van der Waals surface area contributed by atoms with E-state index in [1.165, 1.54) is 0 Å². The van der Waals surface area contributed by atoms with Gasteiger partial charge in [0.15, 0.2) is 5.78 Å². The number of ketones is 1. The fourth-order valence-electron chi connectivity index (χ4n) is 4.78. The number of ether oxygens (including phenoxy) is 1. The van der Waals surface area contributed by atoms with E-state index >= 15 is 0 Å². The summed E-state index contributed by atoms with van der Waals surface area (Å²) in [5.74, 6) is 0.551. The first-order chi connectivity index (χ1) is 16.1. The molecular formula is C28H26N2O3. The molecule has 3 aromatic carbocycles. The fourth-order valence-corrected chi connectivity index (χ4v) is 4.78. The van der Waals surface area contributed by atoms with E-state index < -0.39 is 6.04 Å². The second kappa shape index (κ2) is 8.58. The lowest BCUT2D eigenvalue weighted by atomic mass is 9.85. The van der Waals surface area contributed by atoms with Crippen molar-refractivity contribution in [2.75, 3.05) is 17.3 Å². The largest absolute Gasteiger partial charge is 0.496 e. The van der Waals surface area contributed by atoms with Gasteiger partial charge in [0.2, 0.25) is 0 Å². The number of hydrogen-bond acceptors (Lipinski definition) is 4. The summed E-state index contributed by atoms with van der Waals surface area (Å²) < 4.78 is 5.70. The maximum absolute atomic E-state index is 14.1. The minimum atomic E-state index is -0.603. The molecule has 0 aromatic heterocycles. The van der Waals surface area contributed by atoms with Crippen LogP contribution in [0.15, 0.2) is 84.1 Å². The number of rotatable bonds is 3. The van der Waals surface area contributed by atoms with E-state index in [1.807, 2.05) is 79.7 Å². The van der Waals surface area contributed by atoms with Crippen molar-refractivity contribution < 1.29 is 14.3 Å². The van der Waals surface area contributed by atoms with Gasteiger partial charge >= 0.3 is 0 Å². The maximum Gasteiger partial charge on any atom is 0.259 e. The number of anilines is 2. The van der Waals surface area contributed by atoms with E-state index in [1.54, 1.807) is 12.0 Å². The van der Waals surface area contributed by atoms with Crippen molar-refractivity contribution in [1.82, 2.24) is 0 Å². The number of fused-ring (bicyclic) bond motifs is 1. The minimum absolute atomic E-state index is 0.0640. The van der Waals surface area contributed by atoms with Gasteiger partial charge in [-0.05, 0) is 50.1 Å². The van der Waals surface area contributed by atoms with Gasteiger partial charge in [0.1, 0.15) is 5.75 Å². The quantitative estimate of drug-likeness (QED) is 0.559. The Morgan fingerprint density at radius 2 is 1.70 bits per heavy atom. The summed E-state index contributed by atoms with van der Waals surface area (Å²) >= 11 is 0. The molecule has 1 aliphatic carbocycles. The first-order valence-electron chi connectivity index (χ1n) is 11.2. The molecule has 1 amide bonds. The number of aryl methyl sites for hydroxylation is 1. The Balaban J connectivity index is 1.80. The van der Waals surface area contributed by atoms with Crippen LogP contribution >= 0.6 is 0 Å². The number of carbonyl (C=O) groups is 2. The summed E-state index contributed by atoms with van der Waals surface area (Å²) in [7, 11) is 1.62. The number of para-hydroxylation sites is 3. The van der Waals surface area contributed by atoms with Gasteiger partial charge < -0.3 is 10.1 Å². The third-order valence-corrected chi connectivity index (χ3v) is 6.39. The summed E-state index contributed by atoms with van der Waals surface area (Å²) in [6, 6.07) is 22.3. The molecule has 166 valence electrons. The highest BCUT2D eigenvalue weighted by Crippen LogP contribution is 2.47. The Hall–Kier alpha value is -3.86. The normalized spacial score (nSPS) is 17.6. The molecule has 3 aromatic rings. The average Bonchev–Trinajstić information content (AvgIpc) is 2.99. The summed E-state index contributed by atoms with van der Waals surface area (Å²) in [4.78, 5) is 29.3. The van der Waals surface area contributed by atoms with E-state index in [9.17, 15) is 9.59 Å². The lowest BCUT2D eigenvalue weighted by molar-refractivity contribution is -0.116. The molecule has 0 spiro atoms. The molecule has 1 aliphatic heterocycles. The molecule has 1 unspecified atom stereocenters. The lowest BCUT2D eigenvalue weighted by Crippen LogP contribution is -2.38. The van der Waals surface area contributed by atoms with Crippen LogP contribution in [0.5, 0.6) is 5.75 Å². The molecule has 2 aliphatic rings. The highest BCUT2D eigenvalue weighted by Gasteiger charge is 2.40. The van der Waals surface area contributed by atoms with E-state index in [4.69, 9.17) is 4.74 Å². The van der Waals surface area contributed by atoms with Crippen LogP contribution in [-0.2, 0) is 4.79 Å². The van der Waals surface area contributed by atoms with Crippen molar-refractivity contribution in [3.05, 3.63) is 101 Å². The third kappa shape index (κ3) is 3.69. The topological polar surface area (TPSA) is 58.6 Å². The standard InChI is InChI=1S/C28H26N2O3/c1-18-14-16-19(17-15-18)28(32)30-23-11-5-4-9-21(23)29-22-10-7-12-24(31)26(22)27(30)20-8-3-6-13-25(20)33-2/h3-6,8-9,11,13-17,27,29H,7,10,12H2,1-2H3. The number of benzene rings is 3. The number of nitrogens with one attached hydrogen (secondary N) is 1. The zero-order valence-electron chi connectivity index (χ0n) is 18.8. The average molecular weight is 439 g/mol. The minimum Gasteiger partial charge on any atom is -0.496 e. The Kier molecular flexibility index (Phi) is 5.47. The molecular weight excluding hydrogens is 412 g/mol. The molecule has 0 bridgehead atoms. The number of nitrogens with zero attached hydrogens (tertiary/aromatic N) is 1. The van der Waals surface area contributed by atoms with Crippen LogP contribution in [0.1, 0.15) is 46.8 Å². The molecule has 5 nitrogen and oxygen atoms in total. The first kappa shape index (κ1) is 21.0. The monoisotopic (exact) mass is 438 g/mol. The van der Waals surface area contributed by atoms with E-state index in [2.05, 4.69) is 5.32 Å². The number of carbonyl (C=O) groups excluding carboxylic acids is 2. The molecule has 5 heteroatoms. The van der Waals surface area contributed by atoms with Crippen molar-refractivity contribution in [3.63, 3.8) is 0 Å². The smallest absolute Gasteiger partial charge is 0.259 e. The molecule has 0 fully saturated rings. The van der Waals surface area contributed by atoms with Crippen molar-refractivity contribution in [1.29, 1.82) is 0 Å². The van der Waals surface area contributed by atoms with Crippen LogP contribution in [0.25, 0.3) is 0 Å². The van der Waals surface area contributed by atoms with Crippen molar-refractivity contribution in [2.45, 2.75) is 32.2 Å². The van der Waals surface area contributed by atoms with Crippen LogP contribution in [0.3, 0.4) is 0 Å². The predicted octanol–water partition coefficient (Wildman–Crippen LogP) is 5.82. The van der Waals surface area contributed by atoms with Crippen LogP contribution in [0.4, 0.5) is 11.4 Å². The number of allylic oxidation sites excluding steroid dienone is 1. The van der Waals surface area contributed by atoms with E-state index in [0.29, 0.717) is 23.3 Å². The van der Waals surface area contributed by atoms with Crippen molar-refractivity contribution in [3.8, 4) is 5.75 Å². The Morgan fingerprint density at radius 3 is 2.48 bits per heavy atom. The third-order valence-electron chi connectivity index (χ3n) is 6.39. The van der Waals surface area contributed by atoms with Gasteiger partial charge in [-0.15, -0.1) is 0 Å². The highest BCUT2D eigenvalue weighted by molar-refractivity contribution is 6.12. The van der Waals surface area contributed by atoms with Crippen LogP contribution in [0, 0.1) is 6.92 Å². The van der Waals surface area contributed by atoms with Gasteiger partial charge in [-0.3, -0.25) is 14.5 Å². The number of amides is 1. The molecule has 0 radical (unpaired) electrons. The maximum atomic E-state index is 14.1. The highest BCUT2D eigenvalue weighted by atomic mass is 16.5. The van der Waals surface area contributed by atoms with Gasteiger partial charge in [-0.1, -0.05) is 48.0 Å². The number of methoxy groups -OCH3 is 1. The van der Waals surface area contributed by atoms with Crippen LogP contribution < -0.4 is 15.0 Å². The fraction of sp³-hybridized carbons (Fsp3) is 0.214. The van der Waals surface area contributed by atoms with Crippen molar-refractivity contribution >= 4 is 23.1 Å². The lowest BCUT2D eigenvalue weighted by Gasteiger charge is -2.34. The van der Waals surface area contributed by atoms with Crippen molar-refractivity contribution in [2.24, 2.45) is 0 Å². The number of hydrogen-bond donors (Lipinski definition) is 1. The molecule has 0 saturated heterocycles. The summed E-state index contributed by atoms with van der Waals surface area (Å²) in [5.41, 5.74) is 5.53. The summed E-state index contributed by atoms with van der Waals surface area (Å²) in [5, 5.41) is 3.50. The molecule has 1 N–H and O–H groups in total. The SMILES string of the molecule is COc1ccccc1C1C2=C(CCCC2=O)Nc2ccccc2N1C(=O)c1ccc(C)cc1. The summed E-state index contributed by atoms with van der Waals surface area (Å²) in [6.07, 6.45) is 2.01. The summed E-state index contributed by atoms with van der Waals surface area (Å²) in [6.45, 7) is 1.99. The van der Waals surface area contributed by atoms with Gasteiger partial charge in [-0.2, -0.15) is 0 Å². The molecule has 0 saturated carbocycles. The predicted molar refractivity (Wildman–Crippen MR) is 130 cm³/mol. The van der Waals surface area contributed by atoms with Gasteiger partial charge in [0.25, 0.3) is 5.91 Å². The van der Waals surface area contributed by atoms with E-state index in [0.717, 1.165) is 41.0 Å². The second-order valence-electron chi connectivity index (χ2n) is 8.50. The Morgan fingerprint density at radius 1 is 0.970 bits per heavy atom. The van der Waals surface area contributed by atoms with Gasteiger partial charge in [0, 0.05) is 28.8 Å². The molecule has 1 atom stereocenters. The van der Waals surface area contributed by atoms with Crippen LogP contribution in [0.2, 0.25) is 0 Å². The first-order valence-corrected chi connectivity index (χ1v) is 11.2. The molecule has 33 heavy (non-hydrogen) atoms. The molecule has 1 heterocycles. The molecule has 5 rings (SSSR count).